The van der Waals surface area contributed by atoms with E-state index in [1.165, 1.54) is 0 Å². The van der Waals surface area contributed by atoms with Gasteiger partial charge in [-0.2, -0.15) is 4.98 Å². The van der Waals surface area contributed by atoms with Crippen molar-refractivity contribution in [2.24, 2.45) is 5.92 Å². The van der Waals surface area contributed by atoms with Crippen LogP contribution in [-0.2, 0) is 14.3 Å². The van der Waals surface area contributed by atoms with Gasteiger partial charge in [0.2, 0.25) is 11.7 Å². The number of esters is 1. The van der Waals surface area contributed by atoms with Crippen molar-refractivity contribution in [3.63, 3.8) is 0 Å². The summed E-state index contributed by atoms with van der Waals surface area (Å²) in [7, 11) is 1.61. The van der Waals surface area contributed by atoms with Gasteiger partial charge in [-0.15, -0.1) is 0 Å². The van der Waals surface area contributed by atoms with Crippen molar-refractivity contribution in [3.05, 3.63) is 11.7 Å². The third-order valence-electron chi connectivity index (χ3n) is 3.02. The van der Waals surface area contributed by atoms with Crippen molar-refractivity contribution < 1.29 is 18.8 Å². The molecule has 0 N–H and O–H groups in total. The highest BCUT2D eigenvalue weighted by atomic mass is 16.5. The number of carbonyl (C=O) groups is 1. The fourth-order valence-corrected chi connectivity index (χ4v) is 2.05. The Morgan fingerprint density at radius 2 is 2.05 bits per heavy atom. The molecule has 114 valence electrons. The van der Waals surface area contributed by atoms with Crippen LogP contribution < -0.4 is 0 Å². The summed E-state index contributed by atoms with van der Waals surface area (Å²) in [5.74, 6) is 0.192. The van der Waals surface area contributed by atoms with Crippen molar-refractivity contribution in [1.29, 1.82) is 0 Å². The van der Waals surface area contributed by atoms with E-state index < -0.39 is 5.92 Å². The molecule has 0 saturated carbocycles. The average molecular weight is 284 g/mol. The molecule has 0 fully saturated rings. The number of carbonyl (C=O) groups excluding carboxylic acids is 1. The van der Waals surface area contributed by atoms with E-state index in [2.05, 4.69) is 10.1 Å². The lowest BCUT2D eigenvalue weighted by Crippen LogP contribution is -2.17. The topological polar surface area (TPSA) is 74.5 Å². The summed E-state index contributed by atoms with van der Waals surface area (Å²) in [4.78, 5) is 16.3. The largest absolute Gasteiger partial charge is 0.465 e. The zero-order valence-corrected chi connectivity index (χ0v) is 12.9. The summed E-state index contributed by atoms with van der Waals surface area (Å²) in [5.41, 5.74) is 0. The Labute approximate surface area is 119 Å². The van der Waals surface area contributed by atoms with Crippen LogP contribution in [0.25, 0.3) is 0 Å². The van der Waals surface area contributed by atoms with Crippen molar-refractivity contribution in [2.45, 2.75) is 52.6 Å². The lowest BCUT2D eigenvalue weighted by atomic mass is 10.0. The minimum Gasteiger partial charge on any atom is -0.465 e. The second kappa shape index (κ2) is 7.99. The molecule has 2 atom stereocenters. The van der Waals surface area contributed by atoms with Crippen LogP contribution in [-0.4, -0.2) is 29.8 Å². The number of rotatable bonds is 8. The summed E-state index contributed by atoms with van der Waals surface area (Å²) >= 11 is 0. The number of hydrogen-bond acceptors (Lipinski definition) is 6. The first-order valence-corrected chi connectivity index (χ1v) is 7.07. The van der Waals surface area contributed by atoms with E-state index in [4.69, 9.17) is 14.0 Å². The summed E-state index contributed by atoms with van der Waals surface area (Å²) < 4.78 is 15.7. The number of ether oxygens (including phenoxy) is 2. The summed E-state index contributed by atoms with van der Waals surface area (Å²) in [5, 5.41) is 3.94. The molecular weight excluding hydrogens is 260 g/mol. The number of methoxy groups -OCH3 is 1. The molecule has 0 spiro atoms. The van der Waals surface area contributed by atoms with Crippen molar-refractivity contribution in [1.82, 2.24) is 10.1 Å². The molecule has 20 heavy (non-hydrogen) atoms. The molecular formula is C14H24N2O4. The van der Waals surface area contributed by atoms with E-state index in [0.717, 1.165) is 6.42 Å². The summed E-state index contributed by atoms with van der Waals surface area (Å²) in [6.07, 6.45) is 1.22. The maximum absolute atomic E-state index is 11.9. The standard InChI is InChI=1S/C14H24N2O4/c1-6-8-10(14(17)19-7-2)13-15-12(16-20-13)11(18-5)9(3)4/h9-11H,6-8H2,1-5H3. The summed E-state index contributed by atoms with van der Waals surface area (Å²) in [6, 6.07) is 0. The summed E-state index contributed by atoms with van der Waals surface area (Å²) in [6.45, 7) is 8.14. The van der Waals surface area contributed by atoms with Crippen LogP contribution in [0.3, 0.4) is 0 Å². The predicted molar refractivity (Wildman–Crippen MR) is 73.2 cm³/mol. The molecule has 0 bridgehead atoms. The predicted octanol–water partition coefficient (Wildman–Crippen LogP) is 2.86. The molecule has 6 heteroatoms. The van der Waals surface area contributed by atoms with Gasteiger partial charge in [0.05, 0.1) is 6.61 Å². The number of nitrogens with zero attached hydrogens (tertiary/aromatic N) is 2. The molecule has 2 unspecified atom stereocenters. The first-order chi connectivity index (χ1) is 9.54. The van der Waals surface area contributed by atoms with Gasteiger partial charge in [0.25, 0.3) is 0 Å². The second-order valence-electron chi connectivity index (χ2n) is 4.98. The van der Waals surface area contributed by atoms with Crippen molar-refractivity contribution in [3.8, 4) is 0 Å². The maximum Gasteiger partial charge on any atom is 0.318 e. The van der Waals surface area contributed by atoms with Crippen LogP contribution in [0.5, 0.6) is 0 Å². The first kappa shape index (κ1) is 16.6. The molecule has 0 amide bonds. The van der Waals surface area contributed by atoms with E-state index in [0.29, 0.717) is 24.7 Å². The Kier molecular flexibility index (Phi) is 6.64. The zero-order chi connectivity index (χ0) is 15.1. The van der Waals surface area contributed by atoms with Crippen LogP contribution in [0.2, 0.25) is 0 Å². The zero-order valence-electron chi connectivity index (χ0n) is 12.9. The van der Waals surface area contributed by atoms with Gasteiger partial charge in [0.15, 0.2) is 0 Å². The van der Waals surface area contributed by atoms with Gasteiger partial charge in [0.1, 0.15) is 12.0 Å². The molecule has 1 aromatic rings. The first-order valence-electron chi connectivity index (χ1n) is 7.07. The van der Waals surface area contributed by atoms with E-state index in [-0.39, 0.29) is 18.0 Å². The molecule has 0 aliphatic carbocycles. The van der Waals surface area contributed by atoms with Gasteiger partial charge in [-0.25, -0.2) is 0 Å². The van der Waals surface area contributed by atoms with Gasteiger partial charge in [-0.3, -0.25) is 4.79 Å². The lowest BCUT2D eigenvalue weighted by Gasteiger charge is -2.14. The molecule has 0 aromatic carbocycles. The smallest absolute Gasteiger partial charge is 0.318 e. The van der Waals surface area contributed by atoms with Gasteiger partial charge in [-0.1, -0.05) is 32.3 Å². The molecule has 1 aromatic heterocycles. The van der Waals surface area contributed by atoms with Crippen LogP contribution in [0.4, 0.5) is 0 Å². The number of hydrogen-bond donors (Lipinski definition) is 0. The van der Waals surface area contributed by atoms with Gasteiger partial charge < -0.3 is 14.0 Å². The average Bonchev–Trinajstić information content (AvgIpc) is 2.85. The van der Waals surface area contributed by atoms with E-state index in [9.17, 15) is 4.79 Å². The molecule has 6 nitrogen and oxygen atoms in total. The minimum atomic E-state index is -0.495. The Hall–Kier alpha value is -1.43. The molecule has 0 saturated heterocycles. The third kappa shape index (κ3) is 4.03. The fraction of sp³-hybridized carbons (Fsp3) is 0.786. The number of aromatic nitrogens is 2. The maximum atomic E-state index is 11.9. The second-order valence-corrected chi connectivity index (χ2v) is 4.98. The Balaban J connectivity index is 2.93. The Morgan fingerprint density at radius 1 is 1.35 bits per heavy atom. The van der Waals surface area contributed by atoms with Gasteiger partial charge in [-0.05, 0) is 19.3 Å². The van der Waals surface area contributed by atoms with Crippen molar-refractivity contribution >= 4 is 5.97 Å². The third-order valence-corrected chi connectivity index (χ3v) is 3.02. The van der Waals surface area contributed by atoms with E-state index >= 15 is 0 Å². The molecule has 0 aliphatic rings. The van der Waals surface area contributed by atoms with Crippen LogP contribution >= 0.6 is 0 Å². The van der Waals surface area contributed by atoms with Crippen LogP contribution in [0.1, 0.15) is 64.3 Å². The lowest BCUT2D eigenvalue weighted by molar-refractivity contribution is -0.145. The normalized spacial score (nSPS) is 14.3. The molecule has 0 radical (unpaired) electrons. The van der Waals surface area contributed by atoms with E-state index in [1.54, 1.807) is 14.0 Å². The van der Waals surface area contributed by atoms with Gasteiger partial charge >= 0.3 is 5.97 Å². The monoisotopic (exact) mass is 284 g/mol. The highest BCUT2D eigenvalue weighted by Crippen LogP contribution is 2.26. The molecule has 1 rings (SSSR count). The Bertz CT molecular complexity index is 417. The SMILES string of the molecule is CCCC(C(=O)OCC)c1nc(C(OC)C(C)C)no1. The molecule has 1 heterocycles. The Morgan fingerprint density at radius 3 is 2.55 bits per heavy atom. The highest BCUT2D eigenvalue weighted by Gasteiger charge is 2.29. The highest BCUT2D eigenvalue weighted by molar-refractivity contribution is 5.76. The van der Waals surface area contributed by atoms with Gasteiger partial charge in [0, 0.05) is 7.11 Å². The fourth-order valence-electron chi connectivity index (χ4n) is 2.05. The van der Waals surface area contributed by atoms with Crippen LogP contribution in [0, 0.1) is 5.92 Å². The van der Waals surface area contributed by atoms with E-state index in [1.807, 2.05) is 20.8 Å². The quantitative estimate of drug-likeness (QED) is 0.683. The molecule has 0 aliphatic heterocycles. The minimum absolute atomic E-state index is 0.220. The van der Waals surface area contributed by atoms with Crippen LogP contribution in [0.15, 0.2) is 4.52 Å². The van der Waals surface area contributed by atoms with Crippen molar-refractivity contribution in [2.75, 3.05) is 13.7 Å².